The van der Waals surface area contributed by atoms with Crippen molar-refractivity contribution >= 4 is 29.1 Å². The Hall–Kier alpha value is -1.75. The van der Waals surface area contributed by atoms with Gasteiger partial charge in [0.1, 0.15) is 5.75 Å². The molecule has 0 saturated carbocycles. The van der Waals surface area contributed by atoms with Gasteiger partial charge in [-0.15, -0.1) is 0 Å². The summed E-state index contributed by atoms with van der Waals surface area (Å²) in [6.45, 7) is 7.67. The third-order valence-electron chi connectivity index (χ3n) is 4.07. The molecule has 0 radical (unpaired) electrons. The van der Waals surface area contributed by atoms with E-state index >= 15 is 0 Å². The van der Waals surface area contributed by atoms with Gasteiger partial charge < -0.3 is 10.1 Å². The molecule has 26 heavy (non-hydrogen) atoms. The Morgan fingerprint density at radius 3 is 2.35 bits per heavy atom. The summed E-state index contributed by atoms with van der Waals surface area (Å²) in [5.74, 6) is 0.184. The topological polar surface area (TPSA) is 41.6 Å². The fraction of sp³-hybridized carbons (Fsp3) is 0.350. The molecular formula is C20H24Cl2N2O2. The van der Waals surface area contributed by atoms with E-state index in [-0.39, 0.29) is 12.5 Å². The molecule has 4 nitrogen and oxygen atoms in total. The Labute approximate surface area is 165 Å². The number of carbonyl (C=O) groups excluding carboxylic acids is 1. The molecule has 0 fully saturated rings. The van der Waals surface area contributed by atoms with E-state index in [2.05, 4.69) is 36.2 Å². The molecule has 1 N–H and O–H groups in total. The Morgan fingerprint density at radius 2 is 1.69 bits per heavy atom. The Kier molecular flexibility index (Phi) is 8.23. The average molecular weight is 395 g/mol. The van der Waals surface area contributed by atoms with Gasteiger partial charge in [0, 0.05) is 24.2 Å². The highest BCUT2D eigenvalue weighted by molar-refractivity contribution is 6.34. The number of halogens is 2. The van der Waals surface area contributed by atoms with Gasteiger partial charge in [0.15, 0.2) is 6.61 Å². The van der Waals surface area contributed by atoms with Crippen LogP contribution in [-0.4, -0.2) is 30.5 Å². The zero-order valence-electron chi connectivity index (χ0n) is 15.1. The van der Waals surface area contributed by atoms with Gasteiger partial charge in [-0.2, -0.15) is 0 Å². The summed E-state index contributed by atoms with van der Waals surface area (Å²) in [4.78, 5) is 14.3. The van der Waals surface area contributed by atoms with Crippen LogP contribution in [0.1, 0.15) is 25.0 Å². The van der Waals surface area contributed by atoms with Crippen molar-refractivity contribution in [3.63, 3.8) is 0 Å². The summed E-state index contributed by atoms with van der Waals surface area (Å²) in [7, 11) is 0. The standard InChI is InChI=1S/C20H24Cl2N2O2/c1-3-24(4-2)13-16-7-5-15(6-8-16)12-23-20(25)14-26-19-11-17(21)9-10-18(19)22/h5-11H,3-4,12-14H2,1-2H3,(H,23,25). The first-order chi connectivity index (χ1) is 12.5. The first kappa shape index (κ1) is 20.6. The highest BCUT2D eigenvalue weighted by Crippen LogP contribution is 2.27. The molecule has 2 aromatic rings. The van der Waals surface area contributed by atoms with Gasteiger partial charge >= 0.3 is 0 Å². The predicted molar refractivity (Wildman–Crippen MR) is 107 cm³/mol. The van der Waals surface area contributed by atoms with Crippen molar-refractivity contribution in [3.05, 3.63) is 63.6 Å². The van der Waals surface area contributed by atoms with E-state index in [1.165, 1.54) is 5.56 Å². The fourth-order valence-corrected chi connectivity index (χ4v) is 2.78. The maximum absolute atomic E-state index is 12.0. The number of benzene rings is 2. The number of nitrogens with zero attached hydrogens (tertiary/aromatic N) is 1. The molecule has 2 aromatic carbocycles. The van der Waals surface area contributed by atoms with Crippen molar-refractivity contribution < 1.29 is 9.53 Å². The van der Waals surface area contributed by atoms with Crippen LogP contribution in [0.3, 0.4) is 0 Å². The van der Waals surface area contributed by atoms with Gasteiger partial charge in [-0.3, -0.25) is 9.69 Å². The van der Waals surface area contributed by atoms with E-state index < -0.39 is 0 Å². The van der Waals surface area contributed by atoms with Crippen molar-refractivity contribution in [1.29, 1.82) is 0 Å². The number of ether oxygens (including phenoxy) is 1. The SMILES string of the molecule is CCN(CC)Cc1ccc(CNC(=O)COc2cc(Cl)ccc2Cl)cc1. The van der Waals surface area contributed by atoms with Crippen LogP contribution in [-0.2, 0) is 17.9 Å². The van der Waals surface area contributed by atoms with E-state index in [1.54, 1.807) is 18.2 Å². The minimum absolute atomic E-state index is 0.111. The number of rotatable bonds is 9. The number of carbonyl (C=O) groups is 1. The summed E-state index contributed by atoms with van der Waals surface area (Å²) >= 11 is 11.9. The highest BCUT2D eigenvalue weighted by atomic mass is 35.5. The molecule has 6 heteroatoms. The molecule has 0 atom stereocenters. The van der Waals surface area contributed by atoms with Crippen LogP contribution in [0.2, 0.25) is 10.0 Å². The van der Waals surface area contributed by atoms with Crippen LogP contribution >= 0.6 is 23.2 Å². The van der Waals surface area contributed by atoms with Gasteiger partial charge in [0.25, 0.3) is 5.91 Å². The van der Waals surface area contributed by atoms with Gasteiger partial charge in [-0.25, -0.2) is 0 Å². The number of hydrogen-bond acceptors (Lipinski definition) is 3. The van der Waals surface area contributed by atoms with E-state index in [4.69, 9.17) is 27.9 Å². The van der Waals surface area contributed by atoms with Gasteiger partial charge in [0.2, 0.25) is 0 Å². The molecule has 0 aliphatic carbocycles. The normalized spacial score (nSPS) is 10.8. The van der Waals surface area contributed by atoms with E-state index in [9.17, 15) is 4.79 Å². The molecule has 0 aliphatic rings. The van der Waals surface area contributed by atoms with Crippen molar-refractivity contribution in [2.24, 2.45) is 0 Å². The molecular weight excluding hydrogens is 371 g/mol. The lowest BCUT2D eigenvalue weighted by molar-refractivity contribution is -0.123. The van der Waals surface area contributed by atoms with Gasteiger partial charge in [-0.1, -0.05) is 61.3 Å². The quantitative estimate of drug-likeness (QED) is 0.678. The molecule has 0 aliphatic heterocycles. The van der Waals surface area contributed by atoms with Crippen LogP contribution in [0.25, 0.3) is 0 Å². The lowest BCUT2D eigenvalue weighted by atomic mass is 10.1. The molecule has 0 bridgehead atoms. The Bertz CT molecular complexity index is 716. The van der Waals surface area contributed by atoms with Crippen molar-refractivity contribution in [2.75, 3.05) is 19.7 Å². The van der Waals surface area contributed by atoms with E-state index in [1.807, 2.05) is 12.1 Å². The third kappa shape index (κ3) is 6.52. The first-order valence-electron chi connectivity index (χ1n) is 8.66. The molecule has 0 spiro atoms. The minimum Gasteiger partial charge on any atom is -0.482 e. The third-order valence-corrected chi connectivity index (χ3v) is 4.61. The maximum Gasteiger partial charge on any atom is 0.258 e. The molecule has 1 amide bonds. The summed E-state index contributed by atoms with van der Waals surface area (Å²) in [6.07, 6.45) is 0. The predicted octanol–water partition coefficient (Wildman–Crippen LogP) is 4.53. The zero-order chi connectivity index (χ0) is 18.9. The van der Waals surface area contributed by atoms with Gasteiger partial charge in [-0.05, 0) is 36.3 Å². The zero-order valence-corrected chi connectivity index (χ0v) is 16.6. The second kappa shape index (κ2) is 10.4. The summed E-state index contributed by atoms with van der Waals surface area (Å²) in [6, 6.07) is 13.2. The molecule has 0 aromatic heterocycles. The van der Waals surface area contributed by atoms with Crippen LogP contribution in [0, 0.1) is 0 Å². The largest absolute Gasteiger partial charge is 0.482 e. The Balaban J connectivity index is 1.79. The van der Waals surface area contributed by atoms with Crippen LogP contribution in [0.4, 0.5) is 0 Å². The smallest absolute Gasteiger partial charge is 0.258 e. The molecule has 0 unspecified atom stereocenters. The molecule has 2 rings (SSSR count). The number of amides is 1. The van der Waals surface area contributed by atoms with Crippen molar-refractivity contribution in [3.8, 4) is 5.75 Å². The first-order valence-corrected chi connectivity index (χ1v) is 9.42. The second-order valence-corrected chi connectivity index (χ2v) is 6.76. The van der Waals surface area contributed by atoms with Gasteiger partial charge in [0.05, 0.1) is 5.02 Å². The van der Waals surface area contributed by atoms with Crippen LogP contribution in [0.5, 0.6) is 5.75 Å². The fourth-order valence-electron chi connectivity index (χ4n) is 2.45. The van der Waals surface area contributed by atoms with Crippen molar-refractivity contribution in [1.82, 2.24) is 10.2 Å². The lowest BCUT2D eigenvalue weighted by Crippen LogP contribution is -2.28. The average Bonchev–Trinajstić information content (AvgIpc) is 2.66. The summed E-state index contributed by atoms with van der Waals surface area (Å²) in [5, 5.41) is 3.77. The minimum atomic E-state index is -0.215. The maximum atomic E-state index is 12.0. The molecule has 0 heterocycles. The van der Waals surface area contributed by atoms with E-state index in [0.717, 1.165) is 25.2 Å². The highest BCUT2D eigenvalue weighted by Gasteiger charge is 2.07. The number of nitrogens with one attached hydrogen (secondary N) is 1. The summed E-state index contributed by atoms with van der Waals surface area (Å²) in [5.41, 5.74) is 2.31. The van der Waals surface area contributed by atoms with Crippen molar-refractivity contribution in [2.45, 2.75) is 26.9 Å². The molecule has 140 valence electrons. The van der Waals surface area contributed by atoms with E-state index in [0.29, 0.717) is 22.3 Å². The molecule has 0 saturated heterocycles. The Morgan fingerprint density at radius 1 is 1.04 bits per heavy atom. The summed E-state index contributed by atoms with van der Waals surface area (Å²) < 4.78 is 5.42. The number of hydrogen-bond donors (Lipinski definition) is 1. The van der Waals surface area contributed by atoms with Crippen LogP contribution in [0.15, 0.2) is 42.5 Å². The van der Waals surface area contributed by atoms with Crippen LogP contribution < -0.4 is 10.1 Å². The lowest BCUT2D eigenvalue weighted by Gasteiger charge is -2.18. The second-order valence-electron chi connectivity index (χ2n) is 5.92. The monoisotopic (exact) mass is 394 g/mol.